The van der Waals surface area contributed by atoms with Gasteiger partial charge in [-0.05, 0) is 60.4 Å². The number of benzene rings is 3. The number of rotatable bonds is 4. The van der Waals surface area contributed by atoms with Crippen molar-refractivity contribution in [2.45, 2.75) is 24.7 Å². The maximum absolute atomic E-state index is 13.7. The third kappa shape index (κ3) is 3.83. The summed E-state index contributed by atoms with van der Waals surface area (Å²) in [6.45, 7) is 1.55. The predicted molar refractivity (Wildman–Crippen MR) is 150 cm³/mol. The molecule has 2 aliphatic rings. The highest BCUT2D eigenvalue weighted by atomic mass is 19.1. The number of nitrogens with one attached hydrogen (secondary N) is 2. The first kappa shape index (κ1) is 23.7. The summed E-state index contributed by atoms with van der Waals surface area (Å²) in [6.07, 6.45) is 6.03. The van der Waals surface area contributed by atoms with E-state index in [0.717, 1.165) is 23.9 Å². The van der Waals surface area contributed by atoms with Crippen molar-refractivity contribution in [3.8, 4) is 0 Å². The molecule has 7 rings (SSSR count). The van der Waals surface area contributed by atoms with E-state index in [0.29, 0.717) is 25.3 Å². The molecule has 4 heterocycles. The highest BCUT2D eigenvalue weighted by Gasteiger charge is 2.44. The number of aromatic nitrogens is 2. The third-order valence-electron chi connectivity index (χ3n) is 8.75. The first-order valence-corrected chi connectivity index (χ1v) is 13.5. The Morgan fingerprint density at radius 3 is 1.97 bits per heavy atom. The zero-order valence-corrected chi connectivity index (χ0v) is 21.5. The zero-order valence-electron chi connectivity index (χ0n) is 21.5. The molecule has 2 fully saturated rings. The minimum atomic E-state index is -0.392. The van der Waals surface area contributed by atoms with Crippen LogP contribution in [0, 0.1) is 11.7 Å². The zero-order chi connectivity index (χ0) is 26.6. The molecule has 39 heavy (non-hydrogen) atoms. The lowest BCUT2D eigenvalue weighted by atomic mass is 9.67. The van der Waals surface area contributed by atoms with Crippen LogP contribution in [0.4, 0.5) is 10.1 Å². The van der Waals surface area contributed by atoms with Gasteiger partial charge in [0.2, 0.25) is 11.8 Å². The second-order valence-corrected chi connectivity index (χ2v) is 10.8. The standard InChI is InChI=1S/C32H29FN4O2/c33-22-9-11-23(12-10-22)37-20-21(17-30(37)38)31(39)36-15-13-32(14-16-36,26-18-34-28-7-3-1-5-24(26)28)27-19-35-29-8-4-2-6-25(27)29/h1-12,18-19,21,34-35H,13-17,20H2/t21-/m0/s1. The minimum Gasteiger partial charge on any atom is -0.361 e. The summed E-state index contributed by atoms with van der Waals surface area (Å²) >= 11 is 0. The van der Waals surface area contributed by atoms with E-state index in [1.54, 1.807) is 17.0 Å². The van der Waals surface area contributed by atoms with Crippen molar-refractivity contribution in [1.29, 1.82) is 0 Å². The summed E-state index contributed by atoms with van der Waals surface area (Å²) in [5, 5.41) is 2.41. The van der Waals surface area contributed by atoms with Crippen molar-refractivity contribution < 1.29 is 14.0 Å². The first-order chi connectivity index (χ1) is 19.0. The number of H-pyrrole nitrogens is 2. The molecular weight excluding hydrogens is 491 g/mol. The van der Waals surface area contributed by atoms with Crippen LogP contribution in [0.5, 0.6) is 0 Å². The van der Waals surface area contributed by atoms with Crippen LogP contribution in [0.3, 0.4) is 0 Å². The van der Waals surface area contributed by atoms with Crippen LogP contribution in [0.25, 0.3) is 21.8 Å². The summed E-state index contributed by atoms with van der Waals surface area (Å²) in [4.78, 5) is 36.9. The molecule has 3 aromatic carbocycles. The van der Waals surface area contributed by atoms with E-state index in [4.69, 9.17) is 0 Å². The molecule has 0 spiro atoms. The Morgan fingerprint density at radius 2 is 1.38 bits per heavy atom. The number of hydrogen-bond donors (Lipinski definition) is 2. The van der Waals surface area contributed by atoms with Gasteiger partial charge in [0.1, 0.15) is 5.82 Å². The highest BCUT2D eigenvalue weighted by Crippen LogP contribution is 2.47. The van der Waals surface area contributed by atoms with Gasteiger partial charge in [0.05, 0.1) is 5.92 Å². The molecule has 7 heteroatoms. The lowest BCUT2D eigenvalue weighted by Crippen LogP contribution is -2.47. The van der Waals surface area contributed by atoms with Gasteiger partial charge in [-0.1, -0.05) is 36.4 Å². The number of amides is 2. The molecule has 0 aliphatic carbocycles. The average Bonchev–Trinajstić information content (AvgIpc) is 3.70. The second-order valence-electron chi connectivity index (χ2n) is 10.8. The quantitative estimate of drug-likeness (QED) is 0.317. The molecule has 2 aliphatic heterocycles. The number of fused-ring (bicyclic) bond motifs is 2. The van der Waals surface area contributed by atoms with E-state index in [1.807, 2.05) is 17.0 Å². The molecule has 196 valence electrons. The van der Waals surface area contributed by atoms with Crippen LogP contribution < -0.4 is 4.90 Å². The van der Waals surface area contributed by atoms with Gasteiger partial charge in [-0.25, -0.2) is 4.39 Å². The van der Waals surface area contributed by atoms with Crippen LogP contribution in [0.2, 0.25) is 0 Å². The maximum Gasteiger partial charge on any atom is 0.228 e. The number of carbonyl (C=O) groups is 2. The molecule has 5 aromatic rings. The van der Waals surface area contributed by atoms with Gasteiger partial charge >= 0.3 is 0 Å². The number of aromatic amines is 2. The van der Waals surface area contributed by atoms with Crippen molar-refractivity contribution in [1.82, 2.24) is 14.9 Å². The van der Waals surface area contributed by atoms with E-state index in [1.165, 1.54) is 34.0 Å². The number of nitrogens with zero attached hydrogens (tertiary/aromatic N) is 2. The normalized spacial score (nSPS) is 19.3. The molecule has 6 nitrogen and oxygen atoms in total. The molecular formula is C32H29FN4O2. The lowest BCUT2D eigenvalue weighted by molar-refractivity contribution is -0.137. The monoisotopic (exact) mass is 520 g/mol. The van der Waals surface area contributed by atoms with E-state index < -0.39 is 5.92 Å². The number of para-hydroxylation sites is 2. The summed E-state index contributed by atoms with van der Waals surface area (Å²) in [7, 11) is 0. The van der Waals surface area contributed by atoms with Gasteiger partial charge < -0.3 is 19.8 Å². The SMILES string of the molecule is O=C([C@H]1CC(=O)N(c2ccc(F)cc2)C1)N1CCC(c2c[nH]c3ccccc23)(c2c[nH]c3ccccc23)CC1. The van der Waals surface area contributed by atoms with Crippen molar-refractivity contribution in [2.75, 3.05) is 24.5 Å². The van der Waals surface area contributed by atoms with Gasteiger partial charge in [0, 0.05) is 71.4 Å². The fourth-order valence-corrected chi connectivity index (χ4v) is 6.73. The summed E-state index contributed by atoms with van der Waals surface area (Å²) in [5.41, 5.74) is 5.10. The van der Waals surface area contributed by atoms with Gasteiger partial charge in [-0.2, -0.15) is 0 Å². The second kappa shape index (κ2) is 9.12. The Labute approximate surface area is 225 Å². The van der Waals surface area contributed by atoms with Gasteiger partial charge in [-0.15, -0.1) is 0 Å². The largest absolute Gasteiger partial charge is 0.361 e. The predicted octanol–water partition coefficient (Wildman–Crippen LogP) is 5.75. The minimum absolute atomic E-state index is 0.0272. The van der Waals surface area contributed by atoms with E-state index in [-0.39, 0.29) is 29.5 Å². The molecule has 0 radical (unpaired) electrons. The summed E-state index contributed by atoms with van der Waals surface area (Å²) in [5.74, 6) is -0.806. The van der Waals surface area contributed by atoms with Crippen LogP contribution in [0.15, 0.2) is 85.2 Å². The lowest BCUT2D eigenvalue weighted by Gasteiger charge is -2.43. The van der Waals surface area contributed by atoms with E-state index in [2.05, 4.69) is 58.8 Å². The van der Waals surface area contributed by atoms with Crippen molar-refractivity contribution >= 4 is 39.3 Å². The fraction of sp³-hybridized carbons (Fsp3) is 0.250. The molecule has 1 atom stereocenters. The van der Waals surface area contributed by atoms with Crippen molar-refractivity contribution in [3.63, 3.8) is 0 Å². The Hall–Kier alpha value is -4.39. The molecule has 0 unspecified atom stereocenters. The van der Waals surface area contributed by atoms with Gasteiger partial charge in [0.25, 0.3) is 0 Å². The smallest absolute Gasteiger partial charge is 0.228 e. The highest BCUT2D eigenvalue weighted by molar-refractivity contribution is 6.00. The average molecular weight is 521 g/mol. The molecule has 2 aromatic heterocycles. The van der Waals surface area contributed by atoms with E-state index in [9.17, 15) is 14.0 Å². The van der Waals surface area contributed by atoms with Crippen molar-refractivity contribution in [3.05, 3.63) is 102 Å². The van der Waals surface area contributed by atoms with Crippen LogP contribution in [-0.4, -0.2) is 46.3 Å². The number of hydrogen-bond acceptors (Lipinski definition) is 2. The molecule has 0 saturated carbocycles. The molecule has 0 bridgehead atoms. The fourth-order valence-electron chi connectivity index (χ4n) is 6.73. The maximum atomic E-state index is 13.7. The van der Waals surface area contributed by atoms with Gasteiger partial charge in [-0.3, -0.25) is 9.59 Å². The first-order valence-electron chi connectivity index (χ1n) is 13.5. The summed E-state index contributed by atoms with van der Waals surface area (Å²) in [6, 6.07) is 22.7. The Kier molecular flexibility index (Phi) is 5.54. The third-order valence-corrected chi connectivity index (χ3v) is 8.75. The van der Waals surface area contributed by atoms with E-state index >= 15 is 0 Å². The Morgan fingerprint density at radius 1 is 0.821 bits per heavy atom. The number of halogens is 1. The molecule has 2 N–H and O–H groups in total. The molecule has 2 saturated heterocycles. The Bertz CT molecular complexity index is 1620. The summed E-state index contributed by atoms with van der Waals surface area (Å²) < 4.78 is 13.4. The topological polar surface area (TPSA) is 72.2 Å². The van der Waals surface area contributed by atoms with Crippen LogP contribution in [-0.2, 0) is 15.0 Å². The van der Waals surface area contributed by atoms with Crippen LogP contribution >= 0.6 is 0 Å². The Balaban J connectivity index is 1.18. The molecule has 2 amide bonds. The van der Waals surface area contributed by atoms with Crippen molar-refractivity contribution in [2.24, 2.45) is 5.92 Å². The number of piperidine rings is 1. The number of anilines is 1. The van der Waals surface area contributed by atoms with Crippen LogP contribution in [0.1, 0.15) is 30.4 Å². The number of carbonyl (C=O) groups excluding carboxylic acids is 2. The van der Waals surface area contributed by atoms with Gasteiger partial charge in [0.15, 0.2) is 0 Å². The number of likely N-dealkylation sites (tertiary alicyclic amines) is 1.